The van der Waals surface area contributed by atoms with Crippen molar-refractivity contribution >= 4 is 10.0 Å². The average molecular weight is 243 g/mol. The van der Waals surface area contributed by atoms with Crippen LogP contribution in [0.25, 0.3) is 0 Å². The Morgan fingerprint density at radius 3 is 2.69 bits per heavy atom. The summed E-state index contributed by atoms with van der Waals surface area (Å²) < 4.78 is 26.4. The molecule has 0 bridgehead atoms. The van der Waals surface area contributed by atoms with Gasteiger partial charge in [-0.1, -0.05) is 6.92 Å². The molecule has 1 aromatic rings. The van der Waals surface area contributed by atoms with Gasteiger partial charge in [-0.2, -0.15) is 9.40 Å². The molecule has 2 heterocycles. The Labute approximate surface area is 96.1 Å². The molecule has 1 aliphatic heterocycles. The van der Waals surface area contributed by atoms with Crippen LogP contribution in [0.1, 0.15) is 23.9 Å². The predicted molar refractivity (Wildman–Crippen MR) is 61.5 cm³/mol. The highest BCUT2D eigenvalue weighted by Gasteiger charge is 2.27. The van der Waals surface area contributed by atoms with Crippen molar-refractivity contribution in [1.29, 1.82) is 0 Å². The second-order valence-corrected chi connectivity index (χ2v) is 6.18. The summed E-state index contributed by atoms with van der Waals surface area (Å²) in [6.07, 6.45) is 2.87. The zero-order valence-corrected chi connectivity index (χ0v) is 10.7. The Morgan fingerprint density at radius 1 is 1.44 bits per heavy atom. The van der Waals surface area contributed by atoms with Gasteiger partial charge in [0.15, 0.2) is 0 Å². The van der Waals surface area contributed by atoms with Gasteiger partial charge in [0, 0.05) is 37.8 Å². The summed E-state index contributed by atoms with van der Waals surface area (Å²) in [5, 5.41) is 4.42. The summed E-state index contributed by atoms with van der Waals surface area (Å²) in [5.41, 5.74) is 3.30. The standard InChI is InChI=1S/C10H17N3O2S/c1-4-9-8-7-13(16(3,14)15)6-5-10(8)12(2)11-9/h4-7H2,1-3H3. The van der Waals surface area contributed by atoms with E-state index in [0.717, 1.165) is 24.1 Å². The lowest BCUT2D eigenvalue weighted by atomic mass is 10.1. The van der Waals surface area contributed by atoms with Crippen molar-refractivity contribution in [2.75, 3.05) is 12.8 Å². The number of aromatic nitrogens is 2. The number of hydrogen-bond acceptors (Lipinski definition) is 3. The third-order valence-corrected chi connectivity index (χ3v) is 4.34. The van der Waals surface area contributed by atoms with E-state index in [1.165, 1.54) is 16.3 Å². The molecule has 90 valence electrons. The number of sulfonamides is 1. The van der Waals surface area contributed by atoms with Gasteiger partial charge in [-0.3, -0.25) is 4.68 Å². The summed E-state index contributed by atoms with van der Waals surface area (Å²) >= 11 is 0. The molecule has 0 fully saturated rings. The first-order valence-corrected chi connectivity index (χ1v) is 7.27. The molecular weight excluding hydrogens is 226 g/mol. The zero-order valence-electron chi connectivity index (χ0n) is 9.89. The van der Waals surface area contributed by atoms with Gasteiger partial charge in [0.25, 0.3) is 0 Å². The maximum atomic E-state index is 11.5. The van der Waals surface area contributed by atoms with E-state index in [1.807, 2.05) is 18.7 Å². The minimum absolute atomic E-state index is 0.477. The quantitative estimate of drug-likeness (QED) is 0.750. The molecule has 0 atom stereocenters. The summed E-state index contributed by atoms with van der Waals surface area (Å²) in [7, 11) is -1.16. The fraction of sp³-hybridized carbons (Fsp3) is 0.700. The summed E-state index contributed by atoms with van der Waals surface area (Å²) in [6, 6.07) is 0. The number of nitrogens with zero attached hydrogens (tertiary/aromatic N) is 3. The van der Waals surface area contributed by atoms with Gasteiger partial charge in [-0.05, 0) is 6.42 Å². The molecule has 1 aliphatic rings. The van der Waals surface area contributed by atoms with E-state index in [4.69, 9.17) is 0 Å². The number of fused-ring (bicyclic) bond motifs is 1. The molecule has 0 N–H and O–H groups in total. The number of aryl methyl sites for hydroxylation is 2. The molecule has 2 rings (SSSR count). The molecule has 16 heavy (non-hydrogen) atoms. The lowest BCUT2D eigenvalue weighted by Gasteiger charge is -2.25. The third kappa shape index (κ3) is 1.87. The van der Waals surface area contributed by atoms with E-state index in [2.05, 4.69) is 5.10 Å². The van der Waals surface area contributed by atoms with E-state index in [1.54, 1.807) is 0 Å². The molecule has 5 nitrogen and oxygen atoms in total. The van der Waals surface area contributed by atoms with Gasteiger partial charge < -0.3 is 0 Å². The van der Waals surface area contributed by atoms with Crippen molar-refractivity contribution in [2.45, 2.75) is 26.3 Å². The van der Waals surface area contributed by atoms with Crippen LogP contribution in [-0.2, 0) is 36.5 Å². The molecule has 1 aromatic heterocycles. The molecule has 0 radical (unpaired) electrons. The van der Waals surface area contributed by atoms with Crippen LogP contribution in [-0.4, -0.2) is 35.3 Å². The van der Waals surface area contributed by atoms with Crippen molar-refractivity contribution < 1.29 is 8.42 Å². The van der Waals surface area contributed by atoms with E-state index < -0.39 is 10.0 Å². The molecule has 0 aromatic carbocycles. The fourth-order valence-electron chi connectivity index (χ4n) is 2.21. The second kappa shape index (κ2) is 3.85. The van der Waals surface area contributed by atoms with Crippen molar-refractivity contribution in [3.8, 4) is 0 Å². The Bertz CT molecular complexity index is 504. The molecule has 6 heteroatoms. The summed E-state index contributed by atoms with van der Waals surface area (Å²) in [6.45, 7) is 3.09. The molecule has 0 unspecified atom stereocenters. The van der Waals surface area contributed by atoms with Gasteiger partial charge in [-0.25, -0.2) is 8.42 Å². The van der Waals surface area contributed by atoms with Crippen molar-refractivity contribution in [3.63, 3.8) is 0 Å². The fourth-order valence-corrected chi connectivity index (χ4v) is 3.00. The van der Waals surface area contributed by atoms with Crippen LogP contribution < -0.4 is 0 Å². The van der Waals surface area contributed by atoms with Crippen molar-refractivity contribution in [2.24, 2.45) is 7.05 Å². The maximum Gasteiger partial charge on any atom is 0.211 e. The first kappa shape index (κ1) is 11.6. The van der Waals surface area contributed by atoms with Crippen LogP contribution in [0, 0.1) is 0 Å². The molecular formula is C10H17N3O2S. The van der Waals surface area contributed by atoms with E-state index in [0.29, 0.717) is 13.1 Å². The SMILES string of the molecule is CCc1nn(C)c2c1CN(S(C)(=O)=O)CC2. The smallest absolute Gasteiger partial charge is 0.211 e. The normalized spacial score (nSPS) is 17.4. The lowest BCUT2D eigenvalue weighted by Crippen LogP contribution is -2.35. The first-order chi connectivity index (χ1) is 7.43. The van der Waals surface area contributed by atoms with Crippen LogP contribution in [0.2, 0.25) is 0 Å². The Kier molecular flexibility index (Phi) is 2.79. The van der Waals surface area contributed by atoms with Gasteiger partial charge >= 0.3 is 0 Å². The van der Waals surface area contributed by atoms with Gasteiger partial charge in [-0.15, -0.1) is 0 Å². The molecule has 0 saturated carbocycles. The highest BCUT2D eigenvalue weighted by molar-refractivity contribution is 7.88. The Hall–Kier alpha value is -0.880. The Morgan fingerprint density at radius 2 is 2.12 bits per heavy atom. The van der Waals surface area contributed by atoms with Crippen LogP contribution >= 0.6 is 0 Å². The molecule has 0 saturated heterocycles. The largest absolute Gasteiger partial charge is 0.272 e. The van der Waals surface area contributed by atoms with Crippen LogP contribution in [0.3, 0.4) is 0 Å². The molecule has 0 amide bonds. The predicted octanol–water partition coefficient (Wildman–Crippen LogP) is 0.300. The van der Waals surface area contributed by atoms with Crippen molar-refractivity contribution in [1.82, 2.24) is 14.1 Å². The van der Waals surface area contributed by atoms with E-state index in [-0.39, 0.29) is 0 Å². The first-order valence-electron chi connectivity index (χ1n) is 5.42. The van der Waals surface area contributed by atoms with E-state index in [9.17, 15) is 8.42 Å². The summed E-state index contributed by atoms with van der Waals surface area (Å²) in [5.74, 6) is 0. The highest BCUT2D eigenvalue weighted by atomic mass is 32.2. The van der Waals surface area contributed by atoms with Crippen LogP contribution in [0.15, 0.2) is 0 Å². The van der Waals surface area contributed by atoms with Gasteiger partial charge in [0.2, 0.25) is 10.0 Å². The number of hydrogen-bond donors (Lipinski definition) is 0. The summed E-state index contributed by atoms with van der Waals surface area (Å²) in [4.78, 5) is 0. The minimum atomic E-state index is -3.09. The third-order valence-electron chi connectivity index (χ3n) is 3.09. The maximum absolute atomic E-state index is 11.5. The average Bonchev–Trinajstić information content (AvgIpc) is 2.54. The molecule has 0 aliphatic carbocycles. The van der Waals surface area contributed by atoms with Crippen LogP contribution in [0.4, 0.5) is 0 Å². The highest BCUT2D eigenvalue weighted by Crippen LogP contribution is 2.23. The topological polar surface area (TPSA) is 55.2 Å². The molecule has 0 spiro atoms. The minimum Gasteiger partial charge on any atom is -0.272 e. The van der Waals surface area contributed by atoms with Crippen LogP contribution in [0.5, 0.6) is 0 Å². The van der Waals surface area contributed by atoms with Gasteiger partial charge in [0.1, 0.15) is 0 Å². The van der Waals surface area contributed by atoms with Crippen molar-refractivity contribution in [3.05, 3.63) is 17.0 Å². The zero-order chi connectivity index (χ0) is 11.9. The Balaban J connectivity index is 2.39. The lowest BCUT2D eigenvalue weighted by molar-refractivity contribution is 0.388. The number of rotatable bonds is 2. The second-order valence-electron chi connectivity index (χ2n) is 4.20. The monoisotopic (exact) mass is 243 g/mol. The van der Waals surface area contributed by atoms with Gasteiger partial charge in [0.05, 0.1) is 11.9 Å². The van der Waals surface area contributed by atoms with E-state index >= 15 is 0 Å².